The number of H-pyrrole nitrogens is 1. The van der Waals surface area contributed by atoms with Gasteiger partial charge in [-0.25, -0.2) is 0 Å². The van der Waals surface area contributed by atoms with Crippen LogP contribution in [0, 0.1) is 0 Å². The molecular weight excluding hydrogens is 216 g/mol. The zero-order chi connectivity index (χ0) is 11.7. The topological polar surface area (TPSA) is 71.4 Å². The molecule has 17 heavy (non-hydrogen) atoms. The van der Waals surface area contributed by atoms with Crippen LogP contribution in [0.2, 0.25) is 0 Å². The van der Waals surface area contributed by atoms with Gasteiger partial charge in [0, 0.05) is 18.1 Å². The summed E-state index contributed by atoms with van der Waals surface area (Å²) in [7, 11) is 1.88. The average Bonchev–Trinajstić information content (AvgIpc) is 2.94. The van der Waals surface area contributed by atoms with E-state index in [1.54, 1.807) is 10.9 Å². The van der Waals surface area contributed by atoms with Crippen LogP contribution >= 0.6 is 0 Å². The minimum Gasteiger partial charge on any atom is -0.379 e. The number of nitrogens with zero attached hydrogens (tertiary/aromatic N) is 4. The Morgan fingerprint density at radius 1 is 1.35 bits per heavy atom. The Balaban J connectivity index is 1.78. The summed E-state index contributed by atoms with van der Waals surface area (Å²) in [6.07, 6.45) is 3.57. The second-order valence-corrected chi connectivity index (χ2v) is 3.87. The predicted octanol–water partition coefficient (Wildman–Crippen LogP) is 1.30. The molecule has 3 aromatic rings. The lowest BCUT2D eigenvalue weighted by atomic mass is 10.2. The summed E-state index contributed by atoms with van der Waals surface area (Å²) in [6.45, 7) is 0.701. The zero-order valence-electron chi connectivity index (χ0n) is 9.38. The molecule has 0 fully saturated rings. The zero-order valence-corrected chi connectivity index (χ0v) is 9.38. The number of rotatable bonds is 3. The van der Waals surface area contributed by atoms with Crippen LogP contribution in [-0.4, -0.2) is 25.2 Å². The maximum Gasteiger partial charge on any atom is 0.0774 e. The first-order valence-corrected chi connectivity index (χ1v) is 5.33. The third-order valence-corrected chi connectivity index (χ3v) is 2.72. The first kappa shape index (κ1) is 9.83. The van der Waals surface area contributed by atoms with Crippen LogP contribution in [0.25, 0.3) is 10.9 Å². The van der Waals surface area contributed by atoms with E-state index in [0.29, 0.717) is 6.54 Å². The molecule has 1 aromatic carbocycles. The van der Waals surface area contributed by atoms with E-state index in [1.807, 2.05) is 25.4 Å². The lowest BCUT2D eigenvalue weighted by molar-refractivity contribution is 0.683. The molecule has 3 rings (SSSR count). The Morgan fingerprint density at radius 3 is 3.12 bits per heavy atom. The van der Waals surface area contributed by atoms with Crippen molar-refractivity contribution in [3.8, 4) is 0 Å². The molecule has 0 spiro atoms. The van der Waals surface area contributed by atoms with Crippen molar-refractivity contribution in [3.63, 3.8) is 0 Å². The first-order chi connectivity index (χ1) is 8.33. The number of nitrogens with one attached hydrogen (secondary N) is 2. The van der Waals surface area contributed by atoms with Gasteiger partial charge in [-0.15, -0.1) is 5.10 Å². The largest absolute Gasteiger partial charge is 0.379 e. The molecule has 2 aromatic heterocycles. The lowest BCUT2D eigenvalue weighted by Crippen LogP contribution is -2.05. The molecule has 0 amide bonds. The highest BCUT2D eigenvalue weighted by Gasteiger charge is 2.01. The number of hydrogen-bond acceptors (Lipinski definition) is 4. The van der Waals surface area contributed by atoms with Crippen molar-refractivity contribution in [2.24, 2.45) is 7.05 Å². The minimum atomic E-state index is 0.701. The fourth-order valence-corrected chi connectivity index (χ4v) is 1.72. The third kappa shape index (κ3) is 1.84. The highest BCUT2D eigenvalue weighted by atomic mass is 15.4. The number of aryl methyl sites for hydroxylation is 1. The Labute approximate surface area is 97.6 Å². The van der Waals surface area contributed by atoms with Gasteiger partial charge in [0.05, 0.1) is 30.1 Å². The van der Waals surface area contributed by atoms with Crippen LogP contribution in [0.5, 0.6) is 0 Å². The van der Waals surface area contributed by atoms with Crippen LogP contribution in [-0.2, 0) is 13.6 Å². The normalized spacial score (nSPS) is 10.9. The van der Waals surface area contributed by atoms with Gasteiger partial charge in [0.25, 0.3) is 0 Å². The lowest BCUT2D eigenvalue weighted by Gasteiger charge is -2.05. The Hall–Kier alpha value is -2.37. The smallest absolute Gasteiger partial charge is 0.0774 e. The molecule has 0 bridgehead atoms. The number of aromatic nitrogens is 5. The van der Waals surface area contributed by atoms with Gasteiger partial charge >= 0.3 is 0 Å². The summed E-state index contributed by atoms with van der Waals surface area (Å²) in [6, 6.07) is 6.08. The summed E-state index contributed by atoms with van der Waals surface area (Å²) in [5.41, 5.74) is 3.13. The van der Waals surface area contributed by atoms with E-state index in [4.69, 9.17) is 0 Å². The second kappa shape index (κ2) is 3.89. The van der Waals surface area contributed by atoms with Crippen LogP contribution < -0.4 is 5.32 Å². The van der Waals surface area contributed by atoms with Crippen molar-refractivity contribution < 1.29 is 0 Å². The van der Waals surface area contributed by atoms with Crippen LogP contribution in [0.1, 0.15) is 5.69 Å². The van der Waals surface area contributed by atoms with Crippen LogP contribution in [0.3, 0.4) is 0 Å². The SMILES string of the molecule is Cn1nncc1CNc1ccc2[nH]ncc2c1. The number of benzene rings is 1. The van der Waals surface area contributed by atoms with Crippen LogP contribution in [0.15, 0.2) is 30.6 Å². The molecule has 0 atom stereocenters. The van der Waals surface area contributed by atoms with Crippen molar-refractivity contribution >= 4 is 16.6 Å². The number of fused-ring (bicyclic) bond motifs is 1. The van der Waals surface area contributed by atoms with Gasteiger partial charge in [-0.2, -0.15) is 5.10 Å². The number of aromatic amines is 1. The molecular formula is C11H12N6. The maximum absolute atomic E-state index is 3.99. The molecule has 6 nitrogen and oxygen atoms in total. The summed E-state index contributed by atoms with van der Waals surface area (Å²) in [5.74, 6) is 0. The molecule has 0 saturated heterocycles. The number of anilines is 1. The Morgan fingerprint density at radius 2 is 2.29 bits per heavy atom. The summed E-state index contributed by atoms with van der Waals surface area (Å²) < 4.78 is 1.75. The van der Waals surface area contributed by atoms with E-state index in [-0.39, 0.29) is 0 Å². The summed E-state index contributed by atoms with van der Waals surface area (Å²) >= 11 is 0. The van der Waals surface area contributed by atoms with Gasteiger partial charge in [0.1, 0.15) is 0 Å². The highest BCUT2D eigenvalue weighted by Crippen LogP contribution is 2.17. The van der Waals surface area contributed by atoms with Gasteiger partial charge in [-0.1, -0.05) is 5.21 Å². The third-order valence-electron chi connectivity index (χ3n) is 2.72. The molecule has 0 aliphatic heterocycles. The van der Waals surface area contributed by atoms with Gasteiger partial charge in [-0.05, 0) is 18.2 Å². The van der Waals surface area contributed by atoms with Crippen molar-refractivity contribution in [3.05, 3.63) is 36.3 Å². The van der Waals surface area contributed by atoms with Crippen molar-refractivity contribution in [2.75, 3.05) is 5.32 Å². The fourth-order valence-electron chi connectivity index (χ4n) is 1.72. The van der Waals surface area contributed by atoms with Crippen LogP contribution in [0.4, 0.5) is 5.69 Å². The molecule has 2 N–H and O–H groups in total. The van der Waals surface area contributed by atoms with E-state index in [1.165, 1.54) is 0 Å². The molecule has 0 saturated carbocycles. The quantitative estimate of drug-likeness (QED) is 0.709. The molecule has 86 valence electrons. The monoisotopic (exact) mass is 228 g/mol. The van der Waals surface area contributed by atoms with Crippen molar-refractivity contribution in [1.29, 1.82) is 0 Å². The molecule has 6 heteroatoms. The van der Waals surface area contributed by atoms with E-state index in [2.05, 4.69) is 31.9 Å². The van der Waals surface area contributed by atoms with Gasteiger partial charge in [-0.3, -0.25) is 9.78 Å². The number of hydrogen-bond donors (Lipinski definition) is 2. The molecule has 0 unspecified atom stereocenters. The van der Waals surface area contributed by atoms with E-state index < -0.39 is 0 Å². The summed E-state index contributed by atoms with van der Waals surface area (Å²) in [4.78, 5) is 0. The minimum absolute atomic E-state index is 0.701. The molecule has 0 aliphatic carbocycles. The first-order valence-electron chi connectivity index (χ1n) is 5.33. The van der Waals surface area contributed by atoms with Crippen molar-refractivity contribution in [1.82, 2.24) is 25.2 Å². The maximum atomic E-state index is 3.99. The van der Waals surface area contributed by atoms with Gasteiger partial charge in [0.2, 0.25) is 0 Å². The van der Waals surface area contributed by atoms with Gasteiger partial charge in [0.15, 0.2) is 0 Å². The molecule has 0 aliphatic rings. The second-order valence-electron chi connectivity index (χ2n) is 3.87. The Bertz CT molecular complexity index is 638. The van der Waals surface area contributed by atoms with Crippen molar-refractivity contribution in [2.45, 2.75) is 6.54 Å². The Kier molecular flexibility index (Phi) is 2.25. The fraction of sp³-hybridized carbons (Fsp3) is 0.182. The van der Waals surface area contributed by atoms with E-state index in [0.717, 1.165) is 22.3 Å². The highest BCUT2D eigenvalue weighted by molar-refractivity contribution is 5.81. The standard InChI is InChI=1S/C11H12N6/c1-17-10(7-14-16-17)6-12-9-2-3-11-8(4-9)5-13-15-11/h2-5,7,12H,6H2,1H3,(H,13,15). The molecule has 0 radical (unpaired) electrons. The predicted molar refractivity (Wildman–Crippen MR) is 64.4 cm³/mol. The van der Waals surface area contributed by atoms with E-state index in [9.17, 15) is 0 Å². The van der Waals surface area contributed by atoms with E-state index >= 15 is 0 Å². The average molecular weight is 228 g/mol. The summed E-state index contributed by atoms with van der Waals surface area (Å²) in [5, 5.41) is 19.1. The molecule has 2 heterocycles. The van der Waals surface area contributed by atoms with Gasteiger partial charge < -0.3 is 5.32 Å².